The lowest BCUT2D eigenvalue weighted by Crippen LogP contribution is -2.36. The van der Waals surface area contributed by atoms with Gasteiger partial charge in [0, 0.05) is 6.42 Å². The molecule has 0 aromatic rings. The highest BCUT2D eigenvalue weighted by Gasteiger charge is 2.50. The molecule has 0 aromatic carbocycles. The molecule has 174 valence electrons. The Morgan fingerprint density at radius 1 is 1.03 bits per heavy atom. The summed E-state index contributed by atoms with van der Waals surface area (Å²) in [4.78, 5) is 0. The van der Waals surface area contributed by atoms with E-state index in [-0.39, 0.29) is 0 Å². The van der Waals surface area contributed by atoms with Crippen molar-refractivity contribution in [1.82, 2.24) is 0 Å². The third-order valence-corrected chi connectivity index (χ3v) is 9.81. The number of aliphatic hydroxyl groups is 1. The Morgan fingerprint density at radius 3 is 2.52 bits per heavy atom. The van der Waals surface area contributed by atoms with E-state index in [0.29, 0.717) is 11.3 Å². The van der Waals surface area contributed by atoms with Crippen molar-refractivity contribution in [3.63, 3.8) is 0 Å². The van der Waals surface area contributed by atoms with Crippen LogP contribution in [0.25, 0.3) is 0 Å². The van der Waals surface area contributed by atoms with Crippen LogP contribution in [0.4, 0.5) is 0 Å². The average molecular weight is 425 g/mol. The molecular weight excluding hydrogens is 376 g/mol. The first kappa shape index (κ1) is 23.3. The highest BCUT2D eigenvalue weighted by molar-refractivity contribution is 5.38. The highest BCUT2D eigenvalue weighted by Crippen LogP contribution is 2.60. The Kier molecular flexibility index (Phi) is 6.93. The molecule has 4 aliphatic carbocycles. The summed E-state index contributed by atoms with van der Waals surface area (Å²) in [5.41, 5.74) is 4.35. The molecule has 1 heteroatoms. The Hall–Kier alpha value is -0.820. The van der Waals surface area contributed by atoms with Crippen molar-refractivity contribution in [2.45, 2.75) is 117 Å². The molecule has 5 atom stereocenters. The number of rotatable bonds is 7. The minimum atomic E-state index is -0.448. The summed E-state index contributed by atoms with van der Waals surface area (Å²) < 4.78 is 0. The quantitative estimate of drug-likeness (QED) is 0.435. The molecule has 0 spiro atoms. The lowest BCUT2D eigenvalue weighted by atomic mass is 9.60. The van der Waals surface area contributed by atoms with Crippen LogP contribution in [0.1, 0.15) is 111 Å². The van der Waals surface area contributed by atoms with Gasteiger partial charge in [0.15, 0.2) is 0 Å². The maximum Gasteiger partial charge on any atom is 0.0719 e. The molecule has 4 fully saturated rings. The van der Waals surface area contributed by atoms with Gasteiger partial charge in [0.25, 0.3) is 0 Å². The first-order valence-electron chi connectivity index (χ1n) is 13.5. The standard InChI is InChI=1S/C30H48O/c1-21(2)8-6-9-23(4)27-15-16-28-24(10-7-18-29(27,28)5)11-12-25-20-30(31,26-13-14-26)19-17-22(25)3/h11-12,21,23,26-28,31H,3,6-10,13-20H2,1-2,4-5H3/t23-,27-,28?,29-,30+/m1/s1. The van der Waals surface area contributed by atoms with E-state index < -0.39 is 5.60 Å². The monoisotopic (exact) mass is 424 g/mol. The van der Waals surface area contributed by atoms with Crippen molar-refractivity contribution in [2.24, 2.45) is 35.0 Å². The van der Waals surface area contributed by atoms with Gasteiger partial charge in [-0.05, 0) is 98.4 Å². The van der Waals surface area contributed by atoms with Crippen LogP contribution in [0.15, 0.2) is 35.5 Å². The average Bonchev–Trinajstić information content (AvgIpc) is 3.51. The Labute approximate surface area is 192 Å². The largest absolute Gasteiger partial charge is 0.389 e. The van der Waals surface area contributed by atoms with Gasteiger partial charge < -0.3 is 5.11 Å². The molecule has 0 saturated heterocycles. The van der Waals surface area contributed by atoms with Crippen LogP contribution in [-0.2, 0) is 0 Å². The van der Waals surface area contributed by atoms with Crippen molar-refractivity contribution >= 4 is 0 Å². The van der Waals surface area contributed by atoms with Gasteiger partial charge in [0.2, 0.25) is 0 Å². The molecule has 1 N–H and O–H groups in total. The summed E-state index contributed by atoms with van der Waals surface area (Å²) in [6.45, 7) is 14.2. The topological polar surface area (TPSA) is 20.2 Å². The van der Waals surface area contributed by atoms with Gasteiger partial charge in [-0.1, -0.05) is 76.8 Å². The van der Waals surface area contributed by atoms with E-state index in [0.717, 1.165) is 42.9 Å². The first-order valence-corrected chi connectivity index (χ1v) is 13.5. The van der Waals surface area contributed by atoms with E-state index >= 15 is 0 Å². The number of hydrogen-bond acceptors (Lipinski definition) is 1. The van der Waals surface area contributed by atoms with Gasteiger partial charge in [-0.15, -0.1) is 0 Å². The fourth-order valence-electron chi connectivity index (χ4n) is 7.69. The van der Waals surface area contributed by atoms with Gasteiger partial charge in [0.1, 0.15) is 0 Å². The van der Waals surface area contributed by atoms with E-state index in [1.54, 1.807) is 5.57 Å². The molecule has 4 rings (SSSR count). The van der Waals surface area contributed by atoms with Crippen LogP contribution >= 0.6 is 0 Å². The van der Waals surface area contributed by atoms with E-state index in [1.165, 1.54) is 75.4 Å². The van der Waals surface area contributed by atoms with E-state index in [4.69, 9.17) is 0 Å². The Bertz CT molecular complexity index is 723. The molecule has 0 aromatic heterocycles. The maximum absolute atomic E-state index is 11.1. The minimum absolute atomic E-state index is 0.448. The van der Waals surface area contributed by atoms with Crippen LogP contribution in [-0.4, -0.2) is 10.7 Å². The zero-order valence-electron chi connectivity index (χ0n) is 20.9. The molecule has 31 heavy (non-hydrogen) atoms. The summed E-state index contributed by atoms with van der Waals surface area (Å²) in [5.74, 6) is 3.91. The van der Waals surface area contributed by atoms with Crippen LogP contribution in [0.5, 0.6) is 0 Å². The summed E-state index contributed by atoms with van der Waals surface area (Å²) in [6.07, 6.45) is 21.0. The summed E-state index contributed by atoms with van der Waals surface area (Å²) in [5, 5.41) is 11.1. The fraction of sp³-hybridized carbons (Fsp3) is 0.800. The molecule has 0 heterocycles. The van der Waals surface area contributed by atoms with Crippen molar-refractivity contribution < 1.29 is 5.11 Å². The molecule has 1 unspecified atom stereocenters. The van der Waals surface area contributed by atoms with Crippen LogP contribution in [0.3, 0.4) is 0 Å². The maximum atomic E-state index is 11.1. The van der Waals surface area contributed by atoms with Crippen molar-refractivity contribution in [2.75, 3.05) is 0 Å². The second-order valence-electron chi connectivity index (χ2n) is 12.5. The van der Waals surface area contributed by atoms with E-state index in [1.807, 2.05) is 0 Å². The fourth-order valence-corrected chi connectivity index (χ4v) is 7.69. The Balaban J connectivity index is 1.46. The molecule has 0 amide bonds. The molecular formula is C30H48O. The van der Waals surface area contributed by atoms with Crippen LogP contribution < -0.4 is 0 Å². The normalized spacial score (nSPS) is 40.0. The highest BCUT2D eigenvalue weighted by atomic mass is 16.3. The smallest absolute Gasteiger partial charge is 0.0719 e. The minimum Gasteiger partial charge on any atom is -0.389 e. The van der Waals surface area contributed by atoms with Gasteiger partial charge in [-0.2, -0.15) is 0 Å². The second-order valence-corrected chi connectivity index (χ2v) is 12.5. The zero-order valence-corrected chi connectivity index (χ0v) is 20.9. The number of fused-ring (bicyclic) bond motifs is 1. The third kappa shape index (κ3) is 4.92. The van der Waals surface area contributed by atoms with Crippen molar-refractivity contribution in [3.05, 3.63) is 35.5 Å². The number of hydrogen-bond donors (Lipinski definition) is 1. The first-order chi connectivity index (χ1) is 14.7. The lowest BCUT2D eigenvalue weighted by molar-refractivity contribution is 0.00411. The molecule has 1 nitrogen and oxygen atoms in total. The van der Waals surface area contributed by atoms with Crippen molar-refractivity contribution in [1.29, 1.82) is 0 Å². The summed E-state index contributed by atoms with van der Waals surface area (Å²) in [6, 6.07) is 0. The van der Waals surface area contributed by atoms with E-state index in [9.17, 15) is 5.11 Å². The third-order valence-electron chi connectivity index (χ3n) is 9.81. The van der Waals surface area contributed by atoms with Crippen molar-refractivity contribution in [3.8, 4) is 0 Å². The predicted molar refractivity (Wildman–Crippen MR) is 133 cm³/mol. The van der Waals surface area contributed by atoms with E-state index in [2.05, 4.69) is 46.4 Å². The van der Waals surface area contributed by atoms with Crippen LogP contribution in [0, 0.1) is 35.0 Å². The molecule has 0 bridgehead atoms. The second kappa shape index (κ2) is 9.20. The van der Waals surface area contributed by atoms with Crippen LogP contribution in [0.2, 0.25) is 0 Å². The van der Waals surface area contributed by atoms with Gasteiger partial charge in [-0.3, -0.25) is 0 Å². The SMILES string of the molecule is C=C1CC[C@@](O)(C2CC2)CC1=CC=C1CCC[C@@]2(C)C1CC[C@@H]2[C@H](C)CCCC(C)C. The Morgan fingerprint density at radius 2 is 1.81 bits per heavy atom. The van der Waals surface area contributed by atoms with Gasteiger partial charge in [0.05, 0.1) is 5.60 Å². The summed E-state index contributed by atoms with van der Waals surface area (Å²) >= 11 is 0. The lowest BCUT2D eigenvalue weighted by Gasteiger charge is -2.44. The molecule has 0 radical (unpaired) electrons. The molecule has 4 aliphatic rings. The molecule has 0 aliphatic heterocycles. The van der Waals surface area contributed by atoms with Gasteiger partial charge in [-0.25, -0.2) is 0 Å². The molecule has 4 saturated carbocycles. The summed E-state index contributed by atoms with van der Waals surface area (Å²) in [7, 11) is 0. The predicted octanol–water partition coefficient (Wildman–Crippen LogP) is 8.40. The zero-order chi connectivity index (χ0) is 22.2. The van der Waals surface area contributed by atoms with Gasteiger partial charge >= 0.3 is 0 Å². The number of allylic oxidation sites excluding steroid dienone is 4.